The van der Waals surface area contributed by atoms with Gasteiger partial charge in [-0.05, 0) is 30.2 Å². The molecular weight excluding hydrogens is 302 g/mol. The van der Waals surface area contributed by atoms with Gasteiger partial charge in [0.05, 0.1) is 18.2 Å². The lowest BCUT2D eigenvalue weighted by Gasteiger charge is -2.21. The molecule has 2 aliphatic heterocycles. The van der Waals surface area contributed by atoms with Crippen molar-refractivity contribution in [1.82, 2.24) is 9.88 Å². The van der Waals surface area contributed by atoms with Gasteiger partial charge in [-0.25, -0.2) is 0 Å². The van der Waals surface area contributed by atoms with Gasteiger partial charge in [-0.15, -0.1) is 0 Å². The van der Waals surface area contributed by atoms with E-state index in [1.54, 1.807) is 11.1 Å². The van der Waals surface area contributed by atoms with Crippen molar-refractivity contribution in [2.45, 2.75) is 19.4 Å². The van der Waals surface area contributed by atoms with Crippen LogP contribution >= 0.6 is 0 Å². The van der Waals surface area contributed by atoms with E-state index < -0.39 is 0 Å². The third-order valence-corrected chi connectivity index (χ3v) is 4.80. The normalized spacial score (nSPS) is 19.7. The molecule has 1 fully saturated rings. The largest absolute Gasteiger partial charge is 0.336 e. The fraction of sp³-hybridized carbons (Fsp3) is 0.316. The number of anilines is 1. The van der Waals surface area contributed by atoms with Crippen molar-refractivity contribution in [3.8, 4) is 0 Å². The summed E-state index contributed by atoms with van der Waals surface area (Å²) in [5.74, 6) is -0.157. The van der Waals surface area contributed by atoms with Crippen LogP contribution in [0.5, 0.6) is 0 Å². The van der Waals surface area contributed by atoms with Gasteiger partial charge >= 0.3 is 0 Å². The fourth-order valence-electron chi connectivity index (χ4n) is 3.57. The third-order valence-electron chi connectivity index (χ3n) is 4.80. The maximum atomic E-state index is 12.9. The lowest BCUT2D eigenvalue weighted by atomic mass is 10.1. The molecule has 24 heavy (non-hydrogen) atoms. The second kappa shape index (κ2) is 6.07. The molecule has 4 rings (SSSR count). The average molecular weight is 321 g/mol. The molecule has 0 unspecified atom stereocenters. The zero-order chi connectivity index (χ0) is 16.5. The first-order valence-electron chi connectivity index (χ1n) is 8.29. The van der Waals surface area contributed by atoms with Gasteiger partial charge < -0.3 is 9.80 Å². The first-order chi connectivity index (χ1) is 11.7. The van der Waals surface area contributed by atoms with Gasteiger partial charge in [0.25, 0.3) is 0 Å². The maximum absolute atomic E-state index is 12.9. The van der Waals surface area contributed by atoms with Gasteiger partial charge in [-0.2, -0.15) is 0 Å². The molecule has 5 nitrogen and oxygen atoms in total. The zero-order valence-corrected chi connectivity index (χ0v) is 13.4. The number of amides is 2. The molecule has 0 saturated carbocycles. The summed E-state index contributed by atoms with van der Waals surface area (Å²) in [6.45, 7) is 1.66. The highest BCUT2D eigenvalue weighted by Crippen LogP contribution is 2.31. The smallest absolute Gasteiger partial charge is 0.232 e. The summed E-state index contributed by atoms with van der Waals surface area (Å²) < 4.78 is 0. The predicted molar refractivity (Wildman–Crippen MR) is 90.3 cm³/mol. The fourth-order valence-corrected chi connectivity index (χ4v) is 3.57. The summed E-state index contributed by atoms with van der Waals surface area (Å²) >= 11 is 0. The van der Waals surface area contributed by atoms with Gasteiger partial charge in [0, 0.05) is 31.4 Å². The molecule has 0 bridgehead atoms. The van der Waals surface area contributed by atoms with Crippen LogP contribution in [0.1, 0.15) is 17.7 Å². The van der Waals surface area contributed by atoms with Crippen molar-refractivity contribution in [3.63, 3.8) is 0 Å². The number of carbonyl (C=O) groups excluding carboxylic acids is 2. The minimum absolute atomic E-state index is 0.0338. The number of nitrogens with zero attached hydrogens (tertiary/aromatic N) is 3. The number of hydrogen-bond acceptors (Lipinski definition) is 3. The molecule has 1 aromatic carbocycles. The van der Waals surface area contributed by atoms with Crippen LogP contribution in [0, 0.1) is 5.92 Å². The lowest BCUT2D eigenvalue weighted by Crippen LogP contribution is -2.36. The lowest BCUT2D eigenvalue weighted by molar-refractivity contribution is -0.128. The first-order valence-corrected chi connectivity index (χ1v) is 8.29. The van der Waals surface area contributed by atoms with E-state index in [1.165, 1.54) is 5.56 Å². The van der Waals surface area contributed by atoms with Crippen LogP contribution in [-0.4, -0.2) is 34.8 Å². The van der Waals surface area contributed by atoms with E-state index >= 15 is 0 Å². The number of aromatic nitrogens is 1. The van der Waals surface area contributed by atoms with Crippen molar-refractivity contribution >= 4 is 17.5 Å². The van der Waals surface area contributed by atoms with Crippen LogP contribution < -0.4 is 4.90 Å². The highest BCUT2D eigenvalue weighted by atomic mass is 16.2. The van der Waals surface area contributed by atoms with Crippen LogP contribution in [-0.2, 0) is 22.6 Å². The summed E-state index contributed by atoms with van der Waals surface area (Å²) in [7, 11) is 0. The Morgan fingerprint density at radius 1 is 1.17 bits per heavy atom. The highest BCUT2D eigenvalue weighted by Gasteiger charge is 2.38. The van der Waals surface area contributed by atoms with Crippen molar-refractivity contribution in [2.75, 3.05) is 18.0 Å². The quantitative estimate of drug-likeness (QED) is 0.869. The van der Waals surface area contributed by atoms with Gasteiger partial charge in [-0.1, -0.05) is 24.3 Å². The second-order valence-electron chi connectivity index (χ2n) is 6.36. The number of pyridine rings is 1. The van der Waals surface area contributed by atoms with Crippen LogP contribution in [0.15, 0.2) is 48.7 Å². The molecule has 5 heteroatoms. The third kappa shape index (κ3) is 2.66. The molecule has 2 aliphatic rings. The van der Waals surface area contributed by atoms with Gasteiger partial charge in [-0.3, -0.25) is 14.6 Å². The number of rotatable bonds is 3. The Morgan fingerprint density at radius 3 is 2.83 bits per heavy atom. The van der Waals surface area contributed by atoms with Crippen molar-refractivity contribution in [1.29, 1.82) is 0 Å². The van der Waals surface area contributed by atoms with E-state index in [4.69, 9.17) is 0 Å². The molecule has 1 atom stereocenters. The number of likely N-dealkylation sites (tertiary alicyclic amines) is 1. The van der Waals surface area contributed by atoms with Crippen molar-refractivity contribution in [3.05, 3.63) is 59.9 Å². The van der Waals surface area contributed by atoms with E-state index in [9.17, 15) is 9.59 Å². The van der Waals surface area contributed by atoms with Crippen LogP contribution in [0.3, 0.4) is 0 Å². The van der Waals surface area contributed by atoms with Crippen molar-refractivity contribution < 1.29 is 9.59 Å². The molecule has 1 saturated heterocycles. The standard InChI is InChI=1S/C19H19N3O2/c23-18-11-15(12-21(18)13-16-6-3-4-9-20-16)19(24)22-10-8-14-5-1-2-7-17(14)22/h1-7,9,15H,8,10-13H2/t15-/m1/s1. The molecular formula is C19H19N3O2. The average Bonchev–Trinajstić information content (AvgIpc) is 3.19. The van der Waals surface area contributed by atoms with E-state index in [-0.39, 0.29) is 17.7 Å². The summed E-state index contributed by atoms with van der Waals surface area (Å²) in [6.07, 6.45) is 2.91. The van der Waals surface area contributed by atoms with E-state index in [2.05, 4.69) is 11.1 Å². The topological polar surface area (TPSA) is 53.5 Å². The molecule has 2 amide bonds. The molecule has 1 aromatic heterocycles. The molecule has 0 N–H and O–H groups in total. The Kier molecular flexibility index (Phi) is 3.76. The molecule has 3 heterocycles. The summed E-state index contributed by atoms with van der Waals surface area (Å²) in [6, 6.07) is 13.7. The van der Waals surface area contributed by atoms with Gasteiger partial charge in [0.1, 0.15) is 0 Å². The number of benzene rings is 1. The van der Waals surface area contributed by atoms with Crippen LogP contribution in [0.4, 0.5) is 5.69 Å². The number of hydrogen-bond donors (Lipinski definition) is 0. The predicted octanol–water partition coefficient (Wildman–Crippen LogP) is 2.02. The summed E-state index contributed by atoms with van der Waals surface area (Å²) in [4.78, 5) is 33.0. The number of para-hydroxylation sites is 1. The molecule has 0 spiro atoms. The van der Waals surface area contributed by atoms with Crippen LogP contribution in [0.2, 0.25) is 0 Å². The molecule has 2 aromatic rings. The molecule has 0 radical (unpaired) electrons. The Hall–Kier alpha value is -2.69. The maximum Gasteiger partial charge on any atom is 0.232 e. The van der Waals surface area contributed by atoms with Crippen molar-refractivity contribution in [2.24, 2.45) is 5.92 Å². The summed E-state index contributed by atoms with van der Waals surface area (Å²) in [5.41, 5.74) is 3.06. The van der Waals surface area contributed by atoms with E-state index in [0.717, 1.165) is 17.8 Å². The Morgan fingerprint density at radius 2 is 2.00 bits per heavy atom. The van der Waals surface area contributed by atoms with Gasteiger partial charge in [0.15, 0.2) is 0 Å². The first kappa shape index (κ1) is 14.9. The molecule has 0 aliphatic carbocycles. The number of fused-ring (bicyclic) bond motifs is 1. The van der Waals surface area contributed by atoms with E-state index in [1.807, 2.05) is 41.3 Å². The Bertz CT molecular complexity index is 775. The van der Waals surface area contributed by atoms with E-state index in [0.29, 0.717) is 26.1 Å². The Balaban J connectivity index is 1.46. The monoisotopic (exact) mass is 321 g/mol. The minimum atomic E-state index is -0.257. The summed E-state index contributed by atoms with van der Waals surface area (Å²) in [5, 5.41) is 0. The zero-order valence-electron chi connectivity index (χ0n) is 13.4. The second-order valence-corrected chi connectivity index (χ2v) is 6.36. The SMILES string of the molecule is O=C1C[C@@H](C(=O)N2CCc3ccccc32)CN1Cc1ccccn1. The number of carbonyl (C=O) groups is 2. The van der Waals surface area contributed by atoms with Crippen LogP contribution in [0.25, 0.3) is 0 Å². The highest BCUT2D eigenvalue weighted by molar-refractivity contribution is 6.00. The Labute approximate surface area is 140 Å². The van der Waals surface area contributed by atoms with Gasteiger partial charge in [0.2, 0.25) is 11.8 Å². The molecule has 122 valence electrons. The minimum Gasteiger partial charge on any atom is -0.336 e.